The number of benzene rings is 9. The highest BCUT2D eigenvalue weighted by molar-refractivity contribution is 6.23. The molecule has 1 nitrogen and oxygen atoms in total. The molecule has 10 aromatic rings. The molecule has 1 aromatic heterocycles. The number of furan rings is 1. The summed E-state index contributed by atoms with van der Waals surface area (Å²) in [4.78, 5) is 0. The van der Waals surface area contributed by atoms with Crippen LogP contribution in [-0.2, 0) is 0 Å². The van der Waals surface area contributed by atoms with Crippen LogP contribution in [-0.4, -0.2) is 0 Å². The minimum absolute atomic E-state index is 0.899. The third-order valence-corrected chi connectivity index (χ3v) is 10.1. The van der Waals surface area contributed by atoms with Gasteiger partial charge >= 0.3 is 0 Å². The number of hydrogen-bond donors (Lipinski definition) is 0. The van der Waals surface area contributed by atoms with Gasteiger partial charge in [-0.1, -0.05) is 152 Å². The molecule has 1 heteroatoms. The van der Waals surface area contributed by atoms with Crippen LogP contribution >= 0.6 is 0 Å². The van der Waals surface area contributed by atoms with Gasteiger partial charge < -0.3 is 4.42 Å². The van der Waals surface area contributed by atoms with Crippen LogP contribution in [0.25, 0.3) is 98.8 Å². The van der Waals surface area contributed by atoms with Crippen LogP contribution < -0.4 is 0 Å². The molecule has 0 N–H and O–H groups in total. The smallest absolute Gasteiger partial charge is 0.135 e. The van der Waals surface area contributed by atoms with Crippen LogP contribution in [0.4, 0.5) is 0 Å². The Hall–Kier alpha value is -6.44. The maximum absolute atomic E-state index is 6.41. The lowest BCUT2D eigenvalue weighted by atomic mass is 9.83. The van der Waals surface area contributed by atoms with Crippen molar-refractivity contribution in [3.05, 3.63) is 182 Å². The fourth-order valence-corrected chi connectivity index (χ4v) is 7.78. The summed E-state index contributed by atoms with van der Waals surface area (Å²) in [5.74, 6) is 0. The first-order valence-corrected chi connectivity index (χ1v) is 16.8. The van der Waals surface area contributed by atoms with E-state index < -0.39 is 0 Å². The highest BCUT2D eigenvalue weighted by atomic mass is 16.3. The van der Waals surface area contributed by atoms with Gasteiger partial charge in [-0.25, -0.2) is 0 Å². The zero-order chi connectivity index (χ0) is 32.3. The molecule has 10 rings (SSSR count). The lowest BCUT2D eigenvalue weighted by Gasteiger charge is -2.19. The lowest BCUT2D eigenvalue weighted by Crippen LogP contribution is -1.92. The summed E-state index contributed by atoms with van der Waals surface area (Å²) in [6.45, 7) is 0. The zero-order valence-electron chi connectivity index (χ0n) is 26.7. The van der Waals surface area contributed by atoms with Crippen molar-refractivity contribution in [1.29, 1.82) is 0 Å². The molecule has 0 saturated heterocycles. The van der Waals surface area contributed by atoms with E-state index in [0.717, 1.165) is 21.9 Å². The zero-order valence-corrected chi connectivity index (χ0v) is 26.7. The van der Waals surface area contributed by atoms with Crippen molar-refractivity contribution in [2.24, 2.45) is 0 Å². The van der Waals surface area contributed by atoms with Crippen molar-refractivity contribution in [1.82, 2.24) is 0 Å². The third kappa shape index (κ3) is 4.47. The molecule has 0 radical (unpaired) electrons. The maximum Gasteiger partial charge on any atom is 0.135 e. The van der Waals surface area contributed by atoms with Crippen LogP contribution in [0.2, 0.25) is 0 Å². The van der Waals surface area contributed by atoms with Crippen LogP contribution in [0.1, 0.15) is 0 Å². The lowest BCUT2D eigenvalue weighted by molar-refractivity contribution is 0.669. The van der Waals surface area contributed by atoms with Gasteiger partial charge in [0.15, 0.2) is 0 Å². The topological polar surface area (TPSA) is 13.1 Å². The Bertz CT molecular complexity index is 2820. The first kappa shape index (κ1) is 27.7. The van der Waals surface area contributed by atoms with Crippen molar-refractivity contribution in [2.75, 3.05) is 0 Å². The molecule has 0 atom stereocenters. The third-order valence-electron chi connectivity index (χ3n) is 10.1. The highest BCUT2D eigenvalue weighted by Crippen LogP contribution is 2.47. The first-order valence-electron chi connectivity index (χ1n) is 16.8. The molecule has 0 aliphatic heterocycles. The van der Waals surface area contributed by atoms with Gasteiger partial charge in [-0.15, -0.1) is 0 Å². The van der Waals surface area contributed by atoms with Crippen LogP contribution in [0.5, 0.6) is 0 Å². The number of rotatable bonds is 4. The molecule has 0 spiro atoms. The van der Waals surface area contributed by atoms with Crippen LogP contribution in [0.3, 0.4) is 0 Å². The maximum atomic E-state index is 6.41. The molecule has 228 valence electrons. The molecule has 0 fully saturated rings. The number of fused-ring (bicyclic) bond motifs is 6. The summed E-state index contributed by atoms with van der Waals surface area (Å²) in [5, 5.41) is 9.72. The standard InChI is InChI=1S/C48H30O/c1-2-13-32(14-3-1)37-16-6-7-17-38(37)48-41-20-10-8-18-39(41)47(40-19-9-11-21-42(40)48)36-25-27-46-44(30-36)43-29-35(24-26-45(43)49-46)34-23-22-31-12-4-5-15-33(31)28-34/h1-30H. The van der Waals surface area contributed by atoms with E-state index in [-0.39, 0.29) is 0 Å². The summed E-state index contributed by atoms with van der Waals surface area (Å²) < 4.78 is 6.41. The SMILES string of the molecule is c1ccc(-c2ccccc2-c2c3ccccc3c(-c3ccc4oc5ccc(-c6ccc7ccccc7c6)cc5c4c3)c3ccccc23)cc1. The van der Waals surface area contributed by atoms with Gasteiger partial charge in [-0.2, -0.15) is 0 Å². The van der Waals surface area contributed by atoms with Crippen molar-refractivity contribution >= 4 is 54.3 Å². The normalized spacial score (nSPS) is 11.7. The van der Waals surface area contributed by atoms with Gasteiger partial charge in [0.25, 0.3) is 0 Å². The average Bonchev–Trinajstić information content (AvgIpc) is 3.54. The molecule has 1 heterocycles. The minimum atomic E-state index is 0.899. The van der Waals surface area contributed by atoms with Crippen molar-refractivity contribution in [3.63, 3.8) is 0 Å². The second-order valence-corrected chi connectivity index (χ2v) is 12.8. The van der Waals surface area contributed by atoms with Gasteiger partial charge in [0, 0.05) is 10.8 Å². The Morgan fingerprint density at radius 1 is 0.265 bits per heavy atom. The summed E-state index contributed by atoms with van der Waals surface area (Å²) in [7, 11) is 0. The molecule has 49 heavy (non-hydrogen) atoms. The average molecular weight is 623 g/mol. The molecule has 0 aliphatic rings. The van der Waals surface area contributed by atoms with E-state index in [1.165, 1.54) is 76.8 Å². The quantitative estimate of drug-likeness (QED) is 0.178. The Balaban J connectivity index is 1.21. The summed E-state index contributed by atoms with van der Waals surface area (Å²) in [6.07, 6.45) is 0. The van der Waals surface area contributed by atoms with Crippen LogP contribution in [0, 0.1) is 0 Å². The molecule has 9 aromatic carbocycles. The van der Waals surface area contributed by atoms with E-state index in [2.05, 4.69) is 182 Å². The Labute approximate surface area is 284 Å². The Morgan fingerprint density at radius 3 is 1.45 bits per heavy atom. The van der Waals surface area contributed by atoms with Gasteiger partial charge in [-0.05, 0) is 107 Å². The Morgan fingerprint density at radius 2 is 0.755 bits per heavy atom. The second-order valence-electron chi connectivity index (χ2n) is 12.8. The molecule has 0 aliphatic carbocycles. The van der Waals surface area contributed by atoms with E-state index in [1.54, 1.807) is 0 Å². The summed E-state index contributed by atoms with van der Waals surface area (Å²) >= 11 is 0. The minimum Gasteiger partial charge on any atom is -0.456 e. The predicted octanol–water partition coefficient (Wildman–Crippen LogP) is 13.7. The molecular weight excluding hydrogens is 593 g/mol. The van der Waals surface area contributed by atoms with E-state index >= 15 is 0 Å². The molecule has 0 bridgehead atoms. The van der Waals surface area contributed by atoms with Crippen LogP contribution in [0.15, 0.2) is 186 Å². The van der Waals surface area contributed by atoms with Crippen molar-refractivity contribution < 1.29 is 4.42 Å². The first-order chi connectivity index (χ1) is 24.3. The molecule has 0 unspecified atom stereocenters. The Kier molecular flexibility index (Phi) is 6.25. The van der Waals surface area contributed by atoms with Gasteiger partial charge in [0.05, 0.1) is 0 Å². The molecule has 0 amide bonds. The monoisotopic (exact) mass is 622 g/mol. The van der Waals surface area contributed by atoms with Gasteiger partial charge in [0.2, 0.25) is 0 Å². The van der Waals surface area contributed by atoms with Gasteiger partial charge in [0.1, 0.15) is 11.2 Å². The van der Waals surface area contributed by atoms with Gasteiger partial charge in [-0.3, -0.25) is 0 Å². The van der Waals surface area contributed by atoms with Crippen molar-refractivity contribution in [2.45, 2.75) is 0 Å². The number of hydrogen-bond acceptors (Lipinski definition) is 1. The highest BCUT2D eigenvalue weighted by Gasteiger charge is 2.19. The van der Waals surface area contributed by atoms with E-state index in [4.69, 9.17) is 4.42 Å². The predicted molar refractivity (Wildman–Crippen MR) is 208 cm³/mol. The summed E-state index contributed by atoms with van der Waals surface area (Å²) in [6, 6.07) is 65.8. The van der Waals surface area contributed by atoms with Crippen molar-refractivity contribution in [3.8, 4) is 44.5 Å². The molecular formula is C48H30O. The largest absolute Gasteiger partial charge is 0.456 e. The molecule has 0 saturated carbocycles. The summed E-state index contributed by atoms with van der Waals surface area (Å²) in [5.41, 5.74) is 11.6. The fraction of sp³-hybridized carbons (Fsp3) is 0. The van der Waals surface area contributed by atoms with E-state index in [9.17, 15) is 0 Å². The second kappa shape index (κ2) is 11.1. The fourth-order valence-electron chi connectivity index (χ4n) is 7.78. The van der Waals surface area contributed by atoms with E-state index in [1.807, 2.05) is 0 Å². The van der Waals surface area contributed by atoms with E-state index in [0.29, 0.717) is 0 Å².